The minimum Gasteiger partial charge on any atom is -0.504 e. The van der Waals surface area contributed by atoms with E-state index in [1.807, 2.05) is 0 Å². The highest BCUT2D eigenvalue weighted by Gasteiger charge is 2.34. The van der Waals surface area contributed by atoms with Gasteiger partial charge in [0.25, 0.3) is 5.69 Å². The molecule has 0 aliphatic heterocycles. The van der Waals surface area contributed by atoms with Crippen LogP contribution >= 0.6 is 0 Å². The van der Waals surface area contributed by atoms with Crippen LogP contribution in [0, 0.1) is 10.1 Å². The van der Waals surface area contributed by atoms with Crippen molar-refractivity contribution in [3.63, 3.8) is 0 Å². The molecule has 1 rings (SSSR count). The van der Waals surface area contributed by atoms with Crippen LogP contribution in [-0.2, 0) is 12.8 Å². The van der Waals surface area contributed by atoms with Crippen molar-refractivity contribution < 1.29 is 25.0 Å². The highest BCUT2D eigenvalue weighted by Crippen LogP contribution is 2.44. The maximum Gasteiger partial charge on any atom is 0.346 e. The lowest BCUT2D eigenvalue weighted by Crippen LogP contribution is -2.10. The predicted octanol–water partition coefficient (Wildman–Crippen LogP) is 5.73. The van der Waals surface area contributed by atoms with Crippen LogP contribution in [-0.4, -0.2) is 26.2 Å². The van der Waals surface area contributed by atoms with Crippen LogP contribution < -0.4 is 0 Å². The van der Waals surface area contributed by atoms with E-state index < -0.39 is 33.6 Å². The number of carboxylic acid groups (broad SMARTS) is 1. The fourth-order valence-electron chi connectivity index (χ4n) is 3.56. The van der Waals surface area contributed by atoms with Crippen molar-refractivity contribution in [3.8, 4) is 11.5 Å². The first-order valence-electron chi connectivity index (χ1n) is 10.3. The zero-order valence-electron chi connectivity index (χ0n) is 17.0. The first-order valence-corrected chi connectivity index (χ1v) is 10.3. The molecule has 0 radical (unpaired) electrons. The third kappa shape index (κ3) is 6.39. The lowest BCUT2D eigenvalue weighted by molar-refractivity contribution is -0.386. The first-order chi connectivity index (χ1) is 13.4. The van der Waals surface area contributed by atoms with Gasteiger partial charge in [-0.15, -0.1) is 0 Å². The molecule has 158 valence electrons. The summed E-state index contributed by atoms with van der Waals surface area (Å²) in [4.78, 5) is 22.5. The van der Waals surface area contributed by atoms with Crippen LogP contribution in [0.5, 0.6) is 11.5 Å². The highest BCUT2D eigenvalue weighted by atomic mass is 16.6. The smallest absolute Gasteiger partial charge is 0.346 e. The number of aromatic hydroxyl groups is 2. The van der Waals surface area contributed by atoms with Crippen LogP contribution in [0.25, 0.3) is 0 Å². The van der Waals surface area contributed by atoms with Gasteiger partial charge in [0.2, 0.25) is 0 Å². The summed E-state index contributed by atoms with van der Waals surface area (Å²) in [6, 6.07) is 0. The van der Waals surface area contributed by atoms with Crippen LogP contribution in [0.3, 0.4) is 0 Å². The largest absolute Gasteiger partial charge is 0.504 e. The number of nitro groups is 1. The quantitative estimate of drug-likeness (QED) is 0.160. The van der Waals surface area contributed by atoms with Gasteiger partial charge in [0.1, 0.15) is 0 Å². The molecule has 1 aromatic rings. The number of aromatic carboxylic acids is 1. The van der Waals surface area contributed by atoms with Gasteiger partial charge in [-0.1, -0.05) is 65.2 Å². The number of phenols is 2. The number of hydrogen-bond donors (Lipinski definition) is 3. The zero-order chi connectivity index (χ0) is 21.1. The summed E-state index contributed by atoms with van der Waals surface area (Å²) >= 11 is 0. The first kappa shape index (κ1) is 23.7. The third-order valence-corrected chi connectivity index (χ3v) is 5.09. The van der Waals surface area contributed by atoms with Crippen LogP contribution in [0.15, 0.2) is 0 Å². The van der Waals surface area contributed by atoms with Crippen LogP contribution in [0.4, 0.5) is 5.69 Å². The molecule has 0 amide bonds. The highest BCUT2D eigenvalue weighted by molar-refractivity contribution is 5.98. The number of carbonyl (C=O) groups is 1. The lowest BCUT2D eigenvalue weighted by atomic mass is 9.91. The molecule has 3 N–H and O–H groups in total. The number of carboxylic acids is 1. The van der Waals surface area contributed by atoms with Gasteiger partial charge in [0.15, 0.2) is 17.1 Å². The molecule has 0 saturated carbocycles. The summed E-state index contributed by atoms with van der Waals surface area (Å²) in [5.74, 6) is -3.04. The van der Waals surface area contributed by atoms with Gasteiger partial charge in [-0.2, -0.15) is 0 Å². The fraction of sp³-hybridized carbons (Fsp3) is 0.667. The molecule has 0 heterocycles. The Balaban J connectivity index is 3.24. The van der Waals surface area contributed by atoms with Gasteiger partial charge in [0, 0.05) is 11.1 Å². The van der Waals surface area contributed by atoms with Crippen molar-refractivity contribution in [3.05, 3.63) is 26.8 Å². The second-order valence-corrected chi connectivity index (χ2v) is 7.27. The second-order valence-electron chi connectivity index (χ2n) is 7.27. The Kier molecular flexibility index (Phi) is 10.3. The minimum atomic E-state index is -1.61. The standard InChI is InChI=1S/C21H33NO6/c1-3-5-7-9-11-13-15-16(14-12-10-8-6-4-2)19(23)20(24)17(21(25)26)18(15)22(27)28/h23-24H,3-14H2,1-2H3,(H,25,26). The van der Waals surface area contributed by atoms with Crippen LogP contribution in [0.1, 0.15) is 99.5 Å². The molecule has 0 fully saturated rings. The number of rotatable bonds is 14. The van der Waals surface area contributed by atoms with E-state index in [0.29, 0.717) is 24.8 Å². The molecular formula is C21H33NO6. The molecule has 0 aliphatic carbocycles. The molecule has 0 spiro atoms. The number of hydrogen-bond acceptors (Lipinski definition) is 5. The van der Waals surface area contributed by atoms with E-state index in [1.54, 1.807) is 0 Å². The number of benzene rings is 1. The molecule has 0 saturated heterocycles. The predicted molar refractivity (Wildman–Crippen MR) is 108 cm³/mol. The van der Waals surface area contributed by atoms with E-state index >= 15 is 0 Å². The number of unbranched alkanes of at least 4 members (excludes halogenated alkanes) is 8. The van der Waals surface area contributed by atoms with Crippen molar-refractivity contribution in [2.24, 2.45) is 0 Å². The van der Waals surface area contributed by atoms with E-state index in [4.69, 9.17) is 0 Å². The Labute approximate surface area is 166 Å². The minimum absolute atomic E-state index is 0.254. The summed E-state index contributed by atoms with van der Waals surface area (Å²) in [6.07, 6.45) is 10.3. The average Bonchev–Trinajstić information content (AvgIpc) is 2.64. The van der Waals surface area contributed by atoms with Crippen molar-refractivity contribution in [2.75, 3.05) is 0 Å². The van der Waals surface area contributed by atoms with Crippen molar-refractivity contribution in [2.45, 2.75) is 90.9 Å². The van der Waals surface area contributed by atoms with Gasteiger partial charge in [0.05, 0.1) is 4.92 Å². The molecule has 0 atom stereocenters. The van der Waals surface area contributed by atoms with Gasteiger partial charge in [-0.3, -0.25) is 10.1 Å². The maximum atomic E-state index is 11.7. The Hall–Kier alpha value is -2.31. The monoisotopic (exact) mass is 395 g/mol. The van der Waals surface area contributed by atoms with Gasteiger partial charge >= 0.3 is 5.97 Å². The summed E-state index contributed by atoms with van der Waals surface area (Å²) < 4.78 is 0. The molecule has 28 heavy (non-hydrogen) atoms. The van der Waals surface area contributed by atoms with E-state index in [1.165, 1.54) is 0 Å². The Bertz CT molecular complexity index is 672. The van der Waals surface area contributed by atoms with Gasteiger partial charge in [-0.05, 0) is 25.7 Å². The Morgan fingerprint density at radius 2 is 1.29 bits per heavy atom. The lowest BCUT2D eigenvalue weighted by Gasteiger charge is -2.16. The van der Waals surface area contributed by atoms with Crippen LogP contribution in [0.2, 0.25) is 0 Å². The summed E-state index contributed by atoms with van der Waals surface area (Å²) in [6.45, 7) is 4.20. The molecule has 0 aliphatic rings. The van der Waals surface area contributed by atoms with Crippen molar-refractivity contribution >= 4 is 11.7 Å². The maximum absolute atomic E-state index is 11.7. The van der Waals surface area contributed by atoms with E-state index in [0.717, 1.165) is 57.8 Å². The summed E-state index contributed by atoms with van der Waals surface area (Å²) in [5.41, 5.74) is -0.825. The van der Waals surface area contributed by atoms with E-state index in [2.05, 4.69) is 13.8 Å². The van der Waals surface area contributed by atoms with E-state index in [-0.39, 0.29) is 5.56 Å². The average molecular weight is 395 g/mol. The number of nitrogens with zero attached hydrogens (tertiary/aromatic N) is 1. The zero-order valence-corrected chi connectivity index (χ0v) is 17.0. The molecule has 0 bridgehead atoms. The van der Waals surface area contributed by atoms with Gasteiger partial charge < -0.3 is 15.3 Å². The normalized spacial score (nSPS) is 10.9. The van der Waals surface area contributed by atoms with Crippen molar-refractivity contribution in [1.82, 2.24) is 0 Å². The van der Waals surface area contributed by atoms with E-state index in [9.17, 15) is 30.2 Å². The Morgan fingerprint density at radius 1 is 0.821 bits per heavy atom. The third-order valence-electron chi connectivity index (χ3n) is 5.09. The molecule has 1 aromatic carbocycles. The summed E-state index contributed by atoms with van der Waals surface area (Å²) in [5, 5.41) is 41.6. The molecule has 7 nitrogen and oxygen atoms in total. The second kappa shape index (κ2) is 12.2. The Morgan fingerprint density at radius 3 is 1.71 bits per heavy atom. The van der Waals surface area contributed by atoms with Crippen molar-refractivity contribution in [1.29, 1.82) is 0 Å². The topological polar surface area (TPSA) is 121 Å². The molecule has 7 heteroatoms. The SMILES string of the molecule is CCCCCCCc1c(O)c(O)c(C(=O)O)c([N+](=O)[O-])c1CCCCCCC. The molecule has 0 unspecified atom stereocenters. The number of nitro benzene ring substituents is 1. The fourth-order valence-corrected chi connectivity index (χ4v) is 3.56. The number of phenolic OH excluding ortho intramolecular Hbond substituents is 1. The molecule has 0 aromatic heterocycles. The van der Waals surface area contributed by atoms with Gasteiger partial charge in [-0.25, -0.2) is 4.79 Å². The summed E-state index contributed by atoms with van der Waals surface area (Å²) in [7, 11) is 0. The molecular weight excluding hydrogens is 362 g/mol.